The molecule has 1 fully saturated rings. The molecule has 0 aromatic heterocycles. The van der Waals surface area contributed by atoms with Crippen molar-refractivity contribution in [3.8, 4) is 0 Å². The van der Waals surface area contributed by atoms with Crippen LogP contribution in [0.4, 0.5) is 0 Å². The molecule has 98 valence electrons. The van der Waals surface area contributed by atoms with E-state index in [0.29, 0.717) is 11.2 Å². The van der Waals surface area contributed by atoms with Crippen LogP contribution < -0.4 is 5.32 Å². The summed E-state index contributed by atoms with van der Waals surface area (Å²) in [4.78, 5) is 6.99. The predicted molar refractivity (Wildman–Crippen MR) is 73.8 cm³/mol. The van der Waals surface area contributed by atoms with E-state index in [-0.39, 0.29) is 0 Å². The summed E-state index contributed by atoms with van der Waals surface area (Å²) >= 11 is 1.90. The Morgan fingerprint density at radius 1 is 1.47 bits per heavy atom. The lowest BCUT2D eigenvalue weighted by molar-refractivity contribution is 0.0389. The summed E-state index contributed by atoms with van der Waals surface area (Å²) < 4.78 is 5.33. The number of hydrogen-bond donors (Lipinski definition) is 1. The second-order valence-corrected chi connectivity index (χ2v) is 6.15. The number of morpholine rings is 1. The van der Waals surface area contributed by atoms with Crippen molar-refractivity contribution in [2.45, 2.75) is 19.1 Å². The van der Waals surface area contributed by atoms with Crippen LogP contribution in [0, 0.1) is 5.92 Å². The topological polar surface area (TPSA) is 36.9 Å². The average molecular weight is 257 g/mol. The highest BCUT2D eigenvalue weighted by Gasteiger charge is 2.22. The Hall–Kier alpha value is -0.260. The van der Waals surface area contributed by atoms with Crippen molar-refractivity contribution in [3.05, 3.63) is 0 Å². The van der Waals surface area contributed by atoms with Gasteiger partial charge in [-0.15, -0.1) is 0 Å². The highest BCUT2D eigenvalue weighted by molar-refractivity contribution is 8.14. The third-order valence-electron chi connectivity index (χ3n) is 3.23. The van der Waals surface area contributed by atoms with Crippen LogP contribution in [-0.2, 0) is 4.74 Å². The maximum Gasteiger partial charge on any atom is 0.156 e. The standard InChI is InChI=1S/C12H23N3OS/c1-10(2)11-9-14-12(17-11)13-3-4-15-5-7-16-8-6-15/h10-11H,3-9H2,1-2H3,(H,13,14). The molecule has 2 aliphatic heterocycles. The van der Waals surface area contributed by atoms with Gasteiger partial charge in [-0.2, -0.15) is 0 Å². The van der Waals surface area contributed by atoms with Crippen LogP contribution in [0.25, 0.3) is 0 Å². The van der Waals surface area contributed by atoms with E-state index in [0.717, 1.165) is 51.1 Å². The van der Waals surface area contributed by atoms with Crippen LogP contribution in [0.2, 0.25) is 0 Å². The monoisotopic (exact) mass is 257 g/mol. The molecule has 0 bridgehead atoms. The molecule has 1 N–H and O–H groups in total. The fraction of sp³-hybridized carbons (Fsp3) is 0.917. The molecule has 0 aliphatic carbocycles. The van der Waals surface area contributed by atoms with Crippen molar-refractivity contribution >= 4 is 16.9 Å². The molecule has 0 saturated carbocycles. The van der Waals surface area contributed by atoms with Crippen molar-refractivity contribution in [3.63, 3.8) is 0 Å². The molecule has 0 radical (unpaired) electrons. The molecule has 2 heterocycles. The number of rotatable bonds is 4. The number of aliphatic imine (C=N–C) groups is 1. The Morgan fingerprint density at radius 2 is 2.24 bits per heavy atom. The molecular weight excluding hydrogens is 234 g/mol. The van der Waals surface area contributed by atoms with E-state index in [1.54, 1.807) is 0 Å². The van der Waals surface area contributed by atoms with Gasteiger partial charge in [0.1, 0.15) is 0 Å². The van der Waals surface area contributed by atoms with Crippen molar-refractivity contribution in [1.29, 1.82) is 0 Å². The zero-order valence-electron chi connectivity index (χ0n) is 10.8. The molecule has 2 rings (SSSR count). The molecule has 5 heteroatoms. The summed E-state index contributed by atoms with van der Waals surface area (Å²) in [5, 5.41) is 5.25. The van der Waals surface area contributed by atoms with E-state index in [4.69, 9.17) is 4.74 Å². The molecule has 4 nitrogen and oxygen atoms in total. The van der Waals surface area contributed by atoms with E-state index >= 15 is 0 Å². The quantitative estimate of drug-likeness (QED) is 0.816. The first-order chi connectivity index (χ1) is 8.25. The second kappa shape index (κ2) is 6.61. The molecular formula is C12H23N3OS. The van der Waals surface area contributed by atoms with Crippen molar-refractivity contribution in [2.75, 3.05) is 45.9 Å². The van der Waals surface area contributed by atoms with E-state index in [2.05, 4.69) is 29.1 Å². The predicted octanol–water partition coefficient (Wildman–Crippen LogP) is 1.04. The van der Waals surface area contributed by atoms with Crippen LogP contribution in [0.15, 0.2) is 4.99 Å². The maximum atomic E-state index is 5.33. The molecule has 1 saturated heterocycles. The Kier molecular flexibility index (Phi) is 5.13. The normalized spacial score (nSPS) is 26.3. The Balaban J connectivity index is 1.59. The summed E-state index contributed by atoms with van der Waals surface area (Å²) in [7, 11) is 0. The van der Waals surface area contributed by atoms with Gasteiger partial charge in [-0.05, 0) is 5.92 Å². The van der Waals surface area contributed by atoms with E-state index < -0.39 is 0 Å². The van der Waals surface area contributed by atoms with Crippen LogP contribution in [-0.4, -0.2) is 61.3 Å². The number of nitrogens with one attached hydrogen (secondary N) is 1. The van der Waals surface area contributed by atoms with Crippen LogP contribution in [0.5, 0.6) is 0 Å². The summed E-state index contributed by atoms with van der Waals surface area (Å²) in [6.45, 7) is 11.5. The molecule has 0 amide bonds. The van der Waals surface area contributed by atoms with Gasteiger partial charge in [0.25, 0.3) is 0 Å². The zero-order chi connectivity index (χ0) is 12.1. The van der Waals surface area contributed by atoms with Gasteiger partial charge in [-0.25, -0.2) is 0 Å². The Bertz CT molecular complexity index is 264. The Labute approximate surface area is 108 Å². The third-order valence-corrected chi connectivity index (χ3v) is 4.72. The number of amidine groups is 1. The summed E-state index contributed by atoms with van der Waals surface area (Å²) in [5.41, 5.74) is 0. The SMILES string of the molecule is CC(C)C1CN=C(NCCN2CCOCC2)S1. The van der Waals surface area contributed by atoms with Crippen LogP contribution in [0.1, 0.15) is 13.8 Å². The third kappa shape index (κ3) is 4.16. The van der Waals surface area contributed by atoms with Gasteiger partial charge in [0.05, 0.1) is 19.8 Å². The number of hydrogen-bond acceptors (Lipinski definition) is 5. The second-order valence-electron chi connectivity index (χ2n) is 4.93. The van der Waals surface area contributed by atoms with Gasteiger partial charge in [0.15, 0.2) is 5.17 Å². The fourth-order valence-electron chi connectivity index (χ4n) is 1.98. The van der Waals surface area contributed by atoms with E-state index in [1.807, 2.05) is 11.8 Å². The summed E-state index contributed by atoms with van der Waals surface area (Å²) in [6, 6.07) is 0. The van der Waals surface area contributed by atoms with Crippen LogP contribution in [0.3, 0.4) is 0 Å². The molecule has 0 aromatic rings. The molecule has 17 heavy (non-hydrogen) atoms. The number of ether oxygens (including phenoxy) is 1. The first kappa shape index (κ1) is 13.2. The minimum Gasteiger partial charge on any atom is -0.379 e. The van der Waals surface area contributed by atoms with Gasteiger partial charge in [-0.3, -0.25) is 9.89 Å². The maximum absolute atomic E-state index is 5.33. The lowest BCUT2D eigenvalue weighted by Gasteiger charge is -2.26. The molecule has 0 aromatic carbocycles. The molecule has 1 unspecified atom stereocenters. The average Bonchev–Trinajstić information content (AvgIpc) is 2.79. The minimum atomic E-state index is 0.667. The highest BCUT2D eigenvalue weighted by Crippen LogP contribution is 2.25. The lowest BCUT2D eigenvalue weighted by Crippen LogP contribution is -2.40. The van der Waals surface area contributed by atoms with Gasteiger partial charge in [-0.1, -0.05) is 25.6 Å². The minimum absolute atomic E-state index is 0.667. The number of nitrogens with zero attached hydrogens (tertiary/aromatic N) is 2. The molecule has 1 atom stereocenters. The largest absolute Gasteiger partial charge is 0.379 e. The fourth-order valence-corrected chi connectivity index (χ4v) is 3.02. The summed E-state index contributed by atoms with van der Waals surface area (Å²) in [6.07, 6.45) is 0. The lowest BCUT2D eigenvalue weighted by atomic mass is 10.1. The van der Waals surface area contributed by atoms with E-state index in [1.165, 1.54) is 0 Å². The Morgan fingerprint density at radius 3 is 2.88 bits per heavy atom. The highest BCUT2D eigenvalue weighted by atomic mass is 32.2. The number of thioether (sulfide) groups is 1. The van der Waals surface area contributed by atoms with Crippen molar-refractivity contribution in [2.24, 2.45) is 10.9 Å². The van der Waals surface area contributed by atoms with Crippen LogP contribution >= 0.6 is 11.8 Å². The smallest absolute Gasteiger partial charge is 0.156 e. The first-order valence-corrected chi connectivity index (χ1v) is 7.39. The summed E-state index contributed by atoms with van der Waals surface area (Å²) in [5.74, 6) is 0.710. The van der Waals surface area contributed by atoms with Gasteiger partial charge in [0.2, 0.25) is 0 Å². The van der Waals surface area contributed by atoms with Gasteiger partial charge < -0.3 is 10.1 Å². The zero-order valence-corrected chi connectivity index (χ0v) is 11.6. The van der Waals surface area contributed by atoms with Gasteiger partial charge in [0, 0.05) is 31.4 Å². The van der Waals surface area contributed by atoms with E-state index in [9.17, 15) is 0 Å². The molecule has 2 aliphatic rings. The van der Waals surface area contributed by atoms with Crippen molar-refractivity contribution in [1.82, 2.24) is 10.2 Å². The van der Waals surface area contributed by atoms with Crippen molar-refractivity contribution < 1.29 is 4.74 Å². The van der Waals surface area contributed by atoms with Gasteiger partial charge >= 0.3 is 0 Å². The molecule has 0 spiro atoms. The first-order valence-electron chi connectivity index (χ1n) is 6.51.